The van der Waals surface area contributed by atoms with Crippen molar-refractivity contribution < 1.29 is 18.1 Å². The lowest BCUT2D eigenvalue weighted by molar-refractivity contribution is -0.387. The van der Waals surface area contributed by atoms with Crippen LogP contribution in [-0.4, -0.2) is 26.5 Å². The van der Waals surface area contributed by atoms with Crippen LogP contribution in [0.1, 0.15) is 11.1 Å². The highest BCUT2D eigenvalue weighted by molar-refractivity contribution is 7.89. The number of ether oxygens (including phenoxy) is 1. The van der Waals surface area contributed by atoms with Crippen molar-refractivity contribution in [1.82, 2.24) is 4.72 Å². The zero-order valence-corrected chi connectivity index (χ0v) is 14.2. The summed E-state index contributed by atoms with van der Waals surface area (Å²) in [5, 5.41) is 10.9. The molecule has 0 amide bonds. The number of hydrogen-bond donors (Lipinski definition) is 1. The molecule has 0 aromatic heterocycles. The normalized spacial score (nSPS) is 11.2. The van der Waals surface area contributed by atoms with Crippen molar-refractivity contribution in [3.8, 4) is 5.75 Å². The molecule has 0 bridgehead atoms. The van der Waals surface area contributed by atoms with Gasteiger partial charge in [0, 0.05) is 12.6 Å². The van der Waals surface area contributed by atoms with E-state index in [1.54, 1.807) is 0 Å². The van der Waals surface area contributed by atoms with Gasteiger partial charge in [0.2, 0.25) is 10.0 Å². The molecular weight excluding hydrogens is 332 g/mol. The van der Waals surface area contributed by atoms with Crippen LogP contribution in [0.3, 0.4) is 0 Å². The molecule has 0 saturated heterocycles. The van der Waals surface area contributed by atoms with Gasteiger partial charge in [-0.05, 0) is 31.5 Å². The number of benzene rings is 2. The summed E-state index contributed by atoms with van der Waals surface area (Å²) in [4.78, 5) is 9.86. The number of nitrogens with zero attached hydrogens (tertiary/aromatic N) is 1. The minimum Gasteiger partial charge on any atom is -0.492 e. The van der Waals surface area contributed by atoms with Crippen LogP contribution in [-0.2, 0) is 10.0 Å². The molecule has 0 radical (unpaired) electrons. The molecule has 8 heteroatoms. The van der Waals surface area contributed by atoms with E-state index in [0.717, 1.165) is 17.2 Å². The fourth-order valence-electron chi connectivity index (χ4n) is 2.21. The second-order valence-corrected chi connectivity index (χ2v) is 6.98. The highest BCUT2D eigenvalue weighted by atomic mass is 32.2. The monoisotopic (exact) mass is 350 g/mol. The molecule has 0 saturated carbocycles. The predicted octanol–water partition coefficient (Wildman–Crippen LogP) is 2.57. The fraction of sp³-hybridized carbons (Fsp3) is 0.250. The molecule has 128 valence electrons. The van der Waals surface area contributed by atoms with E-state index in [9.17, 15) is 18.5 Å². The van der Waals surface area contributed by atoms with Crippen LogP contribution >= 0.6 is 0 Å². The molecule has 0 spiro atoms. The van der Waals surface area contributed by atoms with Crippen molar-refractivity contribution in [2.75, 3.05) is 13.2 Å². The first kappa shape index (κ1) is 17.9. The molecular formula is C16H18N2O5S. The summed E-state index contributed by atoms with van der Waals surface area (Å²) in [7, 11) is -3.98. The number of aryl methyl sites for hydroxylation is 2. The van der Waals surface area contributed by atoms with E-state index in [1.165, 1.54) is 18.2 Å². The Labute approximate surface area is 140 Å². The summed E-state index contributed by atoms with van der Waals surface area (Å²) >= 11 is 0. The van der Waals surface area contributed by atoms with Gasteiger partial charge in [-0.3, -0.25) is 10.1 Å². The standard InChI is InChI=1S/C16H18N2O5S/c1-12-7-8-15(13(2)11-12)23-10-9-17-24(21,22)16-6-4-3-5-14(16)18(19)20/h3-8,11,17H,9-10H2,1-2H3. The molecule has 0 atom stereocenters. The highest BCUT2D eigenvalue weighted by Crippen LogP contribution is 2.22. The van der Waals surface area contributed by atoms with E-state index in [2.05, 4.69) is 4.72 Å². The maximum Gasteiger partial charge on any atom is 0.289 e. The van der Waals surface area contributed by atoms with Gasteiger partial charge in [-0.1, -0.05) is 29.8 Å². The third-order valence-electron chi connectivity index (χ3n) is 3.33. The van der Waals surface area contributed by atoms with Crippen LogP contribution in [0.25, 0.3) is 0 Å². The molecule has 7 nitrogen and oxygen atoms in total. The van der Waals surface area contributed by atoms with E-state index >= 15 is 0 Å². The maximum atomic E-state index is 12.2. The minimum atomic E-state index is -3.98. The summed E-state index contributed by atoms with van der Waals surface area (Å²) in [5.41, 5.74) is 1.61. The molecule has 24 heavy (non-hydrogen) atoms. The quantitative estimate of drug-likeness (QED) is 0.470. The van der Waals surface area contributed by atoms with Crippen molar-refractivity contribution in [3.05, 3.63) is 63.7 Å². The van der Waals surface area contributed by atoms with Crippen molar-refractivity contribution in [3.63, 3.8) is 0 Å². The number of para-hydroxylation sites is 1. The van der Waals surface area contributed by atoms with Gasteiger partial charge in [0.15, 0.2) is 4.90 Å². The van der Waals surface area contributed by atoms with Gasteiger partial charge in [0.25, 0.3) is 5.69 Å². The lowest BCUT2D eigenvalue weighted by Gasteiger charge is -2.11. The number of nitrogens with one attached hydrogen (secondary N) is 1. The third kappa shape index (κ3) is 4.30. The van der Waals surface area contributed by atoms with Gasteiger partial charge < -0.3 is 4.74 Å². The van der Waals surface area contributed by atoms with Crippen LogP contribution in [0.2, 0.25) is 0 Å². The first-order valence-electron chi connectivity index (χ1n) is 7.24. The van der Waals surface area contributed by atoms with E-state index in [0.29, 0.717) is 5.75 Å². The maximum absolute atomic E-state index is 12.2. The second-order valence-electron chi connectivity index (χ2n) is 5.24. The Hall–Kier alpha value is -2.45. The Kier molecular flexibility index (Phi) is 5.53. The number of sulfonamides is 1. The summed E-state index contributed by atoms with van der Waals surface area (Å²) in [6.45, 7) is 3.99. The highest BCUT2D eigenvalue weighted by Gasteiger charge is 2.24. The van der Waals surface area contributed by atoms with E-state index in [4.69, 9.17) is 4.74 Å². The van der Waals surface area contributed by atoms with Crippen molar-refractivity contribution in [2.45, 2.75) is 18.7 Å². The average molecular weight is 350 g/mol. The smallest absolute Gasteiger partial charge is 0.289 e. The van der Waals surface area contributed by atoms with Crippen LogP contribution < -0.4 is 9.46 Å². The summed E-state index contributed by atoms with van der Waals surface area (Å²) in [5.74, 6) is 0.672. The van der Waals surface area contributed by atoms with E-state index in [1.807, 2.05) is 32.0 Å². The van der Waals surface area contributed by atoms with Crippen LogP contribution in [0.5, 0.6) is 5.75 Å². The van der Waals surface area contributed by atoms with Gasteiger partial charge >= 0.3 is 0 Å². The van der Waals surface area contributed by atoms with Crippen LogP contribution in [0.15, 0.2) is 47.4 Å². The Morgan fingerprint density at radius 1 is 1.17 bits per heavy atom. The first-order chi connectivity index (χ1) is 11.3. The fourth-order valence-corrected chi connectivity index (χ4v) is 3.39. The molecule has 0 aliphatic carbocycles. The molecule has 0 aliphatic heterocycles. The Morgan fingerprint density at radius 3 is 2.54 bits per heavy atom. The third-order valence-corrected chi connectivity index (χ3v) is 4.84. The summed E-state index contributed by atoms with van der Waals surface area (Å²) in [6.07, 6.45) is 0. The lowest BCUT2D eigenvalue weighted by atomic mass is 10.1. The number of nitro benzene ring substituents is 1. The number of hydrogen-bond acceptors (Lipinski definition) is 5. The van der Waals surface area contributed by atoms with Gasteiger partial charge in [-0.15, -0.1) is 0 Å². The molecule has 0 aliphatic rings. The molecule has 0 fully saturated rings. The minimum absolute atomic E-state index is 0.00168. The van der Waals surface area contributed by atoms with Crippen molar-refractivity contribution >= 4 is 15.7 Å². The summed E-state index contributed by atoms with van der Waals surface area (Å²) < 4.78 is 32.3. The topological polar surface area (TPSA) is 98.5 Å². The molecule has 2 aromatic carbocycles. The molecule has 1 N–H and O–H groups in total. The SMILES string of the molecule is Cc1ccc(OCCNS(=O)(=O)c2ccccc2[N+](=O)[O-])c(C)c1. The Morgan fingerprint density at radius 2 is 1.88 bits per heavy atom. The summed E-state index contributed by atoms with van der Waals surface area (Å²) in [6, 6.07) is 10.9. The molecule has 2 rings (SSSR count). The van der Waals surface area contributed by atoms with Crippen LogP contribution in [0.4, 0.5) is 5.69 Å². The van der Waals surface area contributed by atoms with Gasteiger partial charge in [-0.25, -0.2) is 13.1 Å². The molecule has 0 heterocycles. The number of rotatable bonds is 7. The van der Waals surface area contributed by atoms with Gasteiger partial charge in [-0.2, -0.15) is 0 Å². The molecule has 2 aromatic rings. The second kappa shape index (κ2) is 7.41. The van der Waals surface area contributed by atoms with E-state index < -0.39 is 20.6 Å². The predicted molar refractivity (Wildman–Crippen MR) is 89.7 cm³/mol. The Balaban J connectivity index is 2.00. The van der Waals surface area contributed by atoms with Crippen molar-refractivity contribution in [1.29, 1.82) is 0 Å². The van der Waals surface area contributed by atoms with Gasteiger partial charge in [0.1, 0.15) is 12.4 Å². The molecule has 0 unspecified atom stereocenters. The van der Waals surface area contributed by atoms with E-state index in [-0.39, 0.29) is 18.0 Å². The largest absolute Gasteiger partial charge is 0.492 e. The first-order valence-corrected chi connectivity index (χ1v) is 8.73. The zero-order valence-electron chi connectivity index (χ0n) is 13.4. The van der Waals surface area contributed by atoms with Crippen molar-refractivity contribution in [2.24, 2.45) is 0 Å². The van der Waals surface area contributed by atoms with Gasteiger partial charge in [0.05, 0.1) is 4.92 Å². The lowest BCUT2D eigenvalue weighted by Crippen LogP contribution is -2.28. The van der Waals surface area contributed by atoms with Crippen LogP contribution in [0, 0.1) is 24.0 Å². The Bertz CT molecular complexity index is 849. The number of nitro groups is 1. The average Bonchev–Trinajstić information content (AvgIpc) is 2.53. The zero-order chi connectivity index (χ0) is 17.7.